The van der Waals surface area contributed by atoms with E-state index in [1.54, 1.807) is 24.0 Å². The second-order valence-electron chi connectivity index (χ2n) is 7.46. The van der Waals surface area contributed by atoms with Gasteiger partial charge in [-0.1, -0.05) is 12.1 Å². The maximum atomic E-state index is 13.4. The van der Waals surface area contributed by atoms with Crippen LogP contribution >= 0.6 is 11.8 Å². The fourth-order valence-corrected chi connectivity index (χ4v) is 4.55. The number of carbonyl (C=O) groups is 2. The average Bonchev–Trinajstić information content (AvgIpc) is 3.18. The van der Waals surface area contributed by atoms with Crippen molar-refractivity contribution in [2.45, 2.75) is 28.8 Å². The molecule has 172 valence electrons. The van der Waals surface area contributed by atoms with E-state index >= 15 is 0 Å². The van der Waals surface area contributed by atoms with E-state index in [-0.39, 0.29) is 12.1 Å². The molecule has 1 aliphatic heterocycles. The summed E-state index contributed by atoms with van der Waals surface area (Å²) in [6, 6.07) is 8.02. The number of nitrogens with one attached hydrogen (secondary N) is 2. The van der Waals surface area contributed by atoms with Crippen molar-refractivity contribution in [1.82, 2.24) is 14.9 Å². The summed E-state index contributed by atoms with van der Waals surface area (Å²) in [5.41, 5.74) is -0.200. The molecule has 0 saturated heterocycles. The number of anilines is 1. The number of fused-ring (bicyclic) bond motifs is 1. The summed E-state index contributed by atoms with van der Waals surface area (Å²) < 4.78 is 53.9. The molecule has 0 unspecified atom stereocenters. The van der Waals surface area contributed by atoms with Gasteiger partial charge in [0.25, 0.3) is 0 Å². The number of halogens is 4. The van der Waals surface area contributed by atoms with Crippen molar-refractivity contribution in [3.63, 3.8) is 0 Å². The van der Waals surface area contributed by atoms with Gasteiger partial charge in [-0.05, 0) is 35.9 Å². The maximum absolute atomic E-state index is 13.4. The Morgan fingerprint density at radius 3 is 2.61 bits per heavy atom. The molecular formula is C22H18F4N4O2S. The van der Waals surface area contributed by atoms with Gasteiger partial charge in [0.05, 0.1) is 16.5 Å². The number of aromatic nitrogens is 2. The van der Waals surface area contributed by atoms with Crippen molar-refractivity contribution in [2.24, 2.45) is 7.05 Å². The molecule has 0 spiro atoms. The highest BCUT2D eigenvalue weighted by Gasteiger charge is 2.34. The zero-order chi connectivity index (χ0) is 23.8. The van der Waals surface area contributed by atoms with E-state index in [1.165, 1.54) is 30.3 Å². The van der Waals surface area contributed by atoms with Gasteiger partial charge in [-0.2, -0.15) is 13.2 Å². The lowest BCUT2D eigenvalue weighted by atomic mass is 10.1. The highest BCUT2D eigenvalue weighted by molar-refractivity contribution is 8.01. The van der Waals surface area contributed by atoms with E-state index in [9.17, 15) is 27.2 Å². The first-order valence-corrected chi connectivity index (χ1v) is 10.7. The minimum Gasteiger partial charge on any atom is -0.342 e. The zero-order valence-corrected chi connectivity index (χ0v) is 18.0. The van der Waals surface area contributed by atoms with Crippen LogP contribution in [0.1, 0.15) is 29.4 Å². The number of imidazole rings is 1. The summed E-state index contributed by atoms with van der Waals surface area (Å²) in [6.45, 7) is 0. The first kappa shape index (κ1) is 22.8. The normalized spacial score (nSPS) is 16.6. The minimum atomic E-state index is -4.53. The largest absolute Gasteiger partial charge is 0.416 e. The molecule has 11 heteroatoms. The van der Waals surface area contributed by atoms with Gasteiger partial charge in [0, 0.05) is 30.8 Å². The fraction of sp³-hybridized carbons (Fsp3) is 0.227. The number of thioether (sulfide) groups is 1. The predicted molar refractivity (Wildman–Crippen MR) is 114 cm³/mol. The topological polar surface area (TPSA) is 76.0 Å². The van der Waals surface area contributed by atoms with Gasteiger partial charge in [0.15, 0.2) is 0 Å². The molecule has 3 aromatic rings. The minimum absolute atomic E-state index is 0.0636. The number of alkyl halides is 3. The van der Waals surface area contributed by atoms with Crippen molar-refractivity contribution in [1.29, 1.82) is 0 Å². The van der Waals surface area contributed by atoms with Crippen molar-refractivity contribution in [3.8, 4) is 0 Å². The molecular weight excluding hydrogens is 460 g/mol. The summed E-state index contributed by atoms with van der Waals surface area (Å²) in [5, 5.41) is 4.46. The molecule has 2 aromatic carbocycles. The highest BCUT2D eigenvalue weighted by Crippen LogP contribution is 2.40. The van der Waals surface area contributed by atoms with Crippen LogP contribution in [-0.4, -0.2) is 26.6 Å². The van der Waals surface area contributed by atoms with Crippen LogP contribution in [0, 0.1) is 5.82 Å². The molecule has 1 aliphatic rings. The molecule has 6 nitrogen and oxygen atoms in total. The van der Waals surface area contributed by atoms with Crippen LogP contribution in [-0.2, 0) is 22.8 Å². The Morgan fingerprint density at radius 2 is 1.97 bits per heavy atom. The third-order valence-electron chi connectivity index (χ3n) is 5.12. The molecule has 0 fully saturated rings. The first-order valence-electron chi connectivity index (χ1n) is 9.82. The Morgan fingerprint density at radius 1 is 1.24 bits per heavy atom. The molecule has 0 radical (unpaired) electrons. The van der Waals surface area contributed by atoms with Crippen LogP contribution in [0.3, 0.4) is 0 Å². The van der Waals surface area contributed by atoms with E-state index in [1.807, 2.05) is 0 Å². The maximum Gasteiger partial charge on any atom is 0.416 e. The SMILES string of the molecule is Cn1ccnc1[C@@H](NC(=O)C[C@H]1Sc2ccc(C(F)(F)F)cc2NC1=O)c1ccc(F)cc1. The number of hydrogen-bond acceptors (Lipinski definition) is 4. The molecule has 0 saturated carbocycles. The number of carbonyl (C=O) groups excluding carboxylic acids is 2. The molecule has 2 heterocycles. The number of aryl methyl sites for hydroxylation is 1. The van der Waals surface area contributed by atoms with Crippen LogP contribution in [0.15, 0.2) is 59.8 Å². The van der Waals surface area contributed by atoms with Gasteiger partial charge >= 0.3 is 6.18 Å². The van der Waals surface area contributed by atoms with Gasteiger partial charge in [-0.25, -0.2) is 9.37 Å². The number of amides is 2. The summed E-state index contributed by atoms with van der Waals surface area (Å²) >= 11 is 1.03. The molecule has 4 rings (SSSR count). The van der Waals surface area contributed by atoms with E-state index in [0.717, 1.165) is 23.9 Å². The molecule has 33 heavy (non-hydrogen) atoms. The molecule has 2 amide bonds. The standard InChI is InChI=1S/C22H18F4N4O2S/c1-30-9-8-27-20(30)19(12-2-5-14(23)6-3-12)29-18(31)11-17-21(32)28-15-10-13(22(24,25)26)4-7-16(15)33-17/h2-10,17,19H,11H2,1H3,(H,28,32)(H,29,31)/t17-,19+/m1/s1. The lowest BCUT2D eigenvalue weighted by Crippen LogP contribution is -2.37. The van der Waals surface area contributed by atoms with Crippen molar-refractivity contribution in [2.75, 3.05) is 5.32 Å². The van der Waals surface area contributed by atoms with Gasteiger partial charge in [-0.3, -0.25) is 9.59 Å². The Balaban J connectivity index is 1.50. The number of nitrogens with zero attached hydrogens (tertiary/aromatic N) is 2. The van der Waals surface area contributed by atoms with E-state index in [0.29, 0.717) is 16.3 Å². The van der Waals surface area contributed by atoms with Crippen LogP contribution < -0.4 is 10.6 Å². The second kappa shape index (κ2) is 8.89. The fourth-order valence-electron chi connectivity index (χ4n) is 3.46. The Hall–Kier alpha value is -3.34. The predicted octanol–water partition coefficient (Wildman–Crippen LogP) is 4.29. The summed E-state index contributed by atoms with van der Waals surface area (Å²) in [6.07, 6.45) is -1.47. The average molecular weight is 478 g/mol. The van der Waals surface area contributed by atoms with Gasteiger partial charge in [0.2, 0.25) is 11.8 Å². The number of rotatable bonds is 5. The van der Waals surface area contributed by atoms with E-state index in [2.05, 4.69) is 15.6 Å². The Kier molecular flexibility index (Phi) is 6.15. The molecule has 2 N–H and O–H groups in total. The third kappa shape index (κ3) is 5.03. The van der Waals surface area contributed by atoms with Crippen LogP contribution in [0.25, 0.3) is 0 Å². The third-order valence-corrected chi connectivity index (χ3v) is 6.40. The number of hydrogen-bond donors (Lipinski definition) is 2. The van der Waals surface area contributed by atoms with Crippen molar-refractivity contribution in [3.05, 3.63) is 77.6 Å². The lowest BCUT2D eigenvalue weighted by molar-refractivity contribution is -0.137. The van der Waals surface area contributed by atoms with Crippen LogP contribution in [0.4, 0.5) is 23.2 Å². The molecule has 0 bridgehead atoms. The van der Waals surface area contributed by atoms with E-state index in [4.69, 9.17) is 0 Å². The van der Waals surface area contributed by atoms with Gasteiger partial charge < -0.3 is 15.2 Å². The van der Waals surface area contributed by atoms with Crippen LogP contribution in [0.2, 0.25) is 0 Å². The highest BCUT2D eigenvalue weighted by atomic mass is 32.2. The molecule has 0 aliphatic carbocycles. The zero-order valence-electron chi connectivity index (χ0n) is 17.2. The van der Waals surface area contributed by atoms with Gasteiger partial charge in [0.1, 0.15) is 17.7 Å². The van der Waals surface area contributed by atoms with E-state index < -0.39 is 40.7 Å². The van der Waals surface area contributed by atoms with Gasteiger partial charge in [-0.15, -0.1) is 11.8 Å². The van der Waals surface area contributed by atoms with Crippen LogP contribution in [0.5, 0.6) is 0 Å². The van der Waals surface area contributed by atoms with Crippen molar-refractivity contribution >= 4 is 29.3 Å². The Bertz CT molecular complexity index is 1190. The van der Waals surface area contributed by atoms with Crippen molar-refractivity contribution < 1.29 is 27.2 Å². The second-order valence-corrected chi connectivity index (χ2v) is 8.70. The smallest absolute Gasteiger partial charge is 0.342 e. The lowest BCUT2D eigenvalue weighted by Gasteiger charge is -2.25. The Labute approximate surface area is 190 Å². The monoisotopic (exact) mass is 478 g/mol. The molecule has 1 aromatic heterocycles. The number of benzene rings is 2. The summed E-state index contributed by atoms with van der Waals surface area (Å²) in [5.74, 6) is -0.931. The summed E-state index contributed by atoms with van der Waals surface area (Å²) in [4.78, 5) is 30.0. The first-order chi connectivity index (χ1) is 15.6. The molecule has 2 atom stereocenters. The quantitative estimate of drug-likeness (QED) is 0.537. The summed E-state index contributed by atoms with van der Waals surface area (Å²) in [7, 11) is 1.75.